The van der Waals surface area contributed by atoms with E-state index in [1.807, 2.05) is 20.8 Å². The van der Waals surface area contributed by atoms with Gasteiger partial charge >= 0.3 is 5.97 Å². The van der Waals surface area contributed by atoms with Gasteiger partial charge in [0.25, 0.3) is 0 Å². The fourth-order valence-corrected chi connectivity index (χ4v) is 1.22. The number of aliphatic hydroxyl groups is 1. The molecule has 0 saturated heterocycles. The predicted molar refractivity (Wildman–Crippen MR) is 63.1 cm³/mol. The molecule has 4 nitrogen and oxygen atoms in total. The zero-order chi connectivity index (χ0) is 12.4. The van der Waals surface area contributed by atoms with Gasteiger partial charge in [-0.25, -0.2) is 0 Å². The Labute approximate surface area is 98.9 Å². The molecule has 0 radical (unpaired) electrons. The first-order chi connectivity index (χ1) is 7.63. The summed E-state index contributed by atoms with van der Waals surface area (Å²) in [6.07, 6.45) is 1.77. The third-order valence-corrected chi connectivity index (χ3v) is 2.03. The number of ether oxygens (including phenoxy) is 3. The number of rotatable bonds is 10. The van der Waals surface area contributed by atoms with E-state index in [0.717, 1.165) is 19.3 Å². The molecule has 0 aliphatic rings. The summed E-state index contributed by atoms with van der Waals surface area (Å²) >= 11 is 0. The molecule has 0 fully saturated rings. The number of hydrogen-bond donors (Lipinski definition) is 1. The second-order valence-electron chi connectivity index (χ2n) is 3.82. The zero-order valence-corrected chi connectivity index (χ0v) is 11.0. The van der Waals surface area contributed by atoms with Crippen molar-refractivity contribution in [2.24, 2.45) is 0 Å². The Morgan fingerprint density at radius 3 is 1.38 bits per heavy atom. The predicted octanol–water partition coefficient (Wildman–Crippen LogP) is 2.30. The number of aliphatic hydroxyl groups excluding tert-OH is 1. The van der Waals surface area contributed by atoms with Crippen molar-refractivity contribution >= 4 is 0 Å². The van der Waals surface area contributed by atoms with Gasteiger partial charge in [-0.1, -0.05) is 20.8 Å². The van der Waals surface area contributed by atoms with Gasteiger partial charge in [-0.05, 0) is 26.2 Å². The fraction of sp³-hybridized carbons (Fsp3) is 1.00. The van der Waals surface area contributed by atoms with Gasteiger partial charge in [0.05, 0.1) is 19.8 Å². The fourth-order valence-electron chi connectivity index (χ4n) is 1.22. The highest BCUT2D eigenvalue weighted by Gasteiger charge is 2.39. The Hall–Kier alpha value is -0.160. The van der Waals surface area contributed by atoms with Gasteiger partial charge in [0, 0.05) is 0 Å². The molecule has 1 unspecified atom stereocenters. The highest BCUT2D eigenvalue weighted by Crippen LogP contribution is 2.21. The van der Waals surface area contributed by atoms with Gasteiger partial charge in [0.15, 0.2) is 0 Å². The van der Waals surface area contributed by atoms with Crippen LogP contribution < -0.4 is 0 Å². The topological polar surface area (TPSA) is 47.9 Å². The third kappa shape index (κ3) is 5.25. The third-order valence-electron chi connectivity index (χ3n) is 2.03. The maximum atomic E-state index is 9.77. The van der Waals surface area contributed by atoms with Crippen molar-refractivity contribution in [3.05, 3.63) is 0 Å². The van der Waals surface area contributed by atoms with Crippen molar-refractivity contribution in [2.75, 3.05) is 19.8 Å². The van der Waals surface area contributed by atoms with Crippen molar-refractivity contribution in [1.82, 2.24) is 0 Å². The first-order valence-electron chi connectivity index (χ1n) is 6.22. The van der Waals surface area contributed by atoms with E-state index in [1.54, 1.807) is 6.92 Å². The first-order valence-corrected chi connectivity index (χ1v) is 6.22. The Morgan fingerprint density at radius 2 is 1.19 bits per heavy atom. The lowest BCUT2D eigenvalue weighted by molar-refractivity contribution is -0.410. The van der Waals surface area contributed by atoms with Crippen molar-refractivity contribution in [3.63, 3.8) is 0 Å². The van der Waals surface area contributed by atoms with E-state index in [2.05, 4.69) is 0 Å². The largest absolute Gasteiger partial charge is 0.385 e. The van der Waals surface area contributed by atoms with Gasteiger partial charge in [-0.3, -0.25) is 0 Å². The van der Waals surface area contributed by atoms with Gasteiger partial charge in [0.2, 0.25) is 0 Å². The maximum absolute atomic E-state index is 9.77. The minimum atomic E-state index is -1.29. The SMILES string of the molecule is CCCOC(OCCC)(OCCC)C(C)O. The lowest BCUT2D eigenvalue weighted by atomic mass is 10.3. The van der Waals surface area contributed by atoms with Crippen LogP contribution in [0.2, 0.25) is 0 Å². The summed E-state index contributed by atoms with van der Waals surface area (Å²) in [4.78, 5) is 0. The van der Waals surface area contributed by atoms with Gasteiger partial charge in [-0.2, -0.15) is 0 Å². The molecule has 98 valence electrons. The smallest absolute Gasteiger partial charge is 0.310 e. The molecule has 0 aromatic rings. The van der Waals surface area contributed by atoms with Crippen molar-refractivity contribution < 1.29 is 19.3 Å². The van der Waals surface area contributed by atoms with Crippen molar-refractivity contribution in [1.29, 1.82) is 0 Å². The van der Waals surface area contributed by atoms with Crippen LogP contribution in [0.4, 0.5) is 0 Å². The molecule has 16 heavy (non-hydrogen) atoms. The van der Waals surface area contributed by atoms with E-state index in [1.165, 1.54) is 0 Å². The molecule has 0 aromatic carbocycles. The molecule has 0 heterocycles. The van der Waals surface area contributed by atoms with Gasteiger partial charge < -0.3 is 19.3 Å². The van der Waals surface area contributed by atoms with E-state index in [9.17, 15) is 5.11 Å². The van der Waals surface area contributed by atoms with Crippen LogP contribution in [0.25, 0.3) is 0 Å². The molecular weight excluding hydrogens is 208 g/mol. The van der Waals surface area contributed by atoms with Crippen molar-refractivity contribution in [2.45, 2.75) is 59.0 Å². The van der Waals surface area contributed by atoms with Crippen LogP contribution in [0, 0.1) is 0 Å². The minimum absolute atomic E-state index is 0.512. The summed E-state index contributed by atoms with van der Waals surface area (Å²) in [6.45, 7) is 9.18. The average Bonchev–Trinajstić information content (AvgIpc) is 2.28. The molecule has 0 aromatic heterocycles. The van der Waals surface area contributed by atoms with Crippen LogP contribution in [-0.4, -0.2) is 37.0 Å². The van der Waals surface area contributed by atoms with Crippen LogP contribution in [-0.2, 0) is 14.2 Å². The summed E-state index contributed by atoms with van der Waals surface area (Å²) in [5.41, 5.74) is 0. The molecule has 0 bridgehead atoms. The monoisotopic (exact) mass is 234 g/mol. The lowest BCUT2D eigenvalue weighted by Crippen LogP contribution is -2.49. The Morgan fingerprint density at radius 1 is 0.875 bits per heavy atom. The molecular formula is C12H26O4. The second kappa shape index (κ2) is 8.93. The minimum Gasteiger partial charge on any atom is -0.385 e. The van der Waals surface area contributed by atoms with Crippen LogP contribution in [0.15, 0.2) is 0 Å². The molecule has 0 aliphatic carbocycles. The summed E-state index contributed by atoms with van der Waals surface area (Å²) in [6, 6.07) is 0. The zero-order valence-electron chi connectivity index (χ0n) is 11.0. The molecule has 1 atom stereocenters. The normalized spacial score (nSPS) is 14.1. The standard InChI is InChI=1S/C12H26O4/c1-5-8-14-12(11(4)13,15-9-6-2)16-10-7-3/h11,13H,5-10H2,1-4H3. The van der Waals surface area contributed by atoms with Crippen LogP contribution in [0.1, 0.15) is 47.0 Å². The molecule has 0 spiro atoms. The van der Waals surface area contributed by atoms with Crippen LogP contribution in [0.3, 0.4) is 0 Å². The highest BCUT2D eigenvalue weighted by molar-refractivity contribution is 4.65. The molecule has 0 rings (SSSR count). The highest BCUT2D eigenvalue weighted by atomic mass is 16.9. The molecule has 0 aliphatic heterocycles. The summed E-state index contributed by atoms with van der Waals surface area (Å²) in [5, 5.41) is 9.77. The summed E-state index contributed by atoms with van der Waals surface area (Å²) < 4.78 is 16.7. The van der Waals surface area contributed by atoms with Crippen LogP contribution >= 0.6 is 0 Å². The summed E-state index contributed by atoms with van der Waals surface area (Å²) in [7, 11) is 0. The quantitative estimate of drug-likeness (QED) is 0.589. The molecule has 0 saturated carbocycles. The van der Waals surface area contributed by atoms with E-state index < -0.39 is 12.1 Å². The van der Waals surface area contributed by atoms with Gasteiger partial charge in [0.1, 0.15) is 6.10 Å². The van der Waals surface area contributed by atoms with Gasteiger partial charge in [-0.15, -0.1) is 0 Å². The van der Waals surface area contributed by atoms with E-state index in [4.69, 9.17) is 14.2 Å². The average molecular weight is 234 g/mol. The maximum Gasteiger partial charge on any atom is 0.310 e. The Balaban J connectivity index is 4.46. The lowest BCUT2D eigenvalue weighted by Gasteiger charge is -2.35. The number of hydrogen-bond acceptors (Lipinski definition) is 4. The molecule has 4 heteroatoms. The molecule has 0 amide bonds. The first kappa shape index (κ1) is 15.8. The Kier molecular flexibility index (Phi) is 8.84. The summed E-state index contributed by atoms with van der Waals surface area (Å²) in [5.74, 6) is -1.29. The molecule has 1 N–H and O–H groups in total. The Bertz CT molecular complexity index is 137. The van der Waals surface area contributed by atoms with E-state index in [0.29, 0.717) is 19.8 Å². The van der Waals surface area contributed by atoms with E-state index in [-0.39, 0.29) is 0 Å². The second-order valence-corrected chi connectivity index (χ2v) is 3.82. The van der Waals surface area contributed by atoms with E-state index >= 15 is 0 Å². The van der Waals surface area contributed by atoms with Crippen molar-refractivity contribution in [3.8, 4) is 0 Å². The van der Waals surface area contributed by atoms with Crippen LogP contribution in [0.5, 0.6) is 0 Å².